The fraction of sp³-hybridized carbons (Fsp3) is 0.212. The molecule has 0 spiro atoms. The largest absolute Gasteiger partial charge is 0.491 e. The number of nitrogens with one attached hydrogen (secondary N) is 1. The van der Waals surface area contributed by atoms with Crippen molar-refractivity contribution in [1.29, 1.82) is 0 Å². The lowest BCUT2D eigenvalue weighted by molar-refractivity contribution is 0.0990. The van der Waals surface area contributed by atoms with Crippen LogP contribution in [0.5, 0.6) is 23.1 Å². The topological polar surface area (TPSA) is 103 Å². The lowest BCUT2D eigenvalue weighted by Crippen LogP contribution is -2.24. The van der Waals surface area contributed by atoms with Crippen molar-refractivity contribution in [2.75, 3.05) is 14.2 Å². The van der Waals surface area contributed by atoms with Crippen LogP contribution in [0.2, 0.25) is 0 Å². The second kappa shape index (κ2) is 11.8. The van der Waals surface area contributed by atoms with Crippen LogP contribution >= 0.6 is 0 Å². The minimum Gasteiger partial charge on any atom is -0.491 e. The number of ether oxygens (including phenoxy) is 3. The molecule has 3 aromatic heterocycles. The fourth-order valence-corrected chi connectivity index (χ4v) is 5.04. The molecular formula is C33H30FN3O5. The zero-order valence-corrected chi connectivity index (χ0v) is 24.0. The number of halogens is 1. The summed E-state index contributed by atoms with van der Waals surface area (Å²) >= 11 is 0. The van der Waals surface area contributed by atoms with E-state index in [2.05, 4.69) is 15.0 Å². The van der Waals surface area contributed by atoms with Crippen molar-refractivity contribution >= 4 is 16.8 Å². The number of ketones is 1. The predicted octanol–water partition coefficient (Wildman–Crippen LogP) is 6.54. The van der Waals surface area contributed by atoms with E-state index in [0.29, 0.717) is 68.7 Å². The average molecular weight is 568 g/mol. The summed E-state index contributed by atoms with van der Waals surface area (Å²) in [7, 11) is 3.04. The van der Waals surface area contributed by atoms with E-state index in [1.807, 2.05) is 6.92 Å². The second-order valence-corrected chi connectivity index (χ2v) is 9.84. The van der Waals surface area contributed by atoms with E-state index in [-0.39, 0.29) is 29.0 Å². The third-order valence-corrected chi connectivity index (χ3v) is 7.10. The van der Waals surface area contributed by atoms with Crippen LogP contribution in [0.4, 0.5) is 4.39 Å². The molecule has 8 nitrogen and oxygen atoms in total. The molecule has 0 saturated heterocycles. The maximum absolute atomic E-state index is 13.7. The van der Waals surface area contributed by atoms with Gasteiger partial charge in [0.25, 0.3) is 5.88 Å². The van der Waals surface area contributed by atoms with Crippen molar-refractivity contribution in [1.82, 2.24) is 15.0 Å². The third-order valence-electron chi connectivity index (χ3n) is 7.10. The van der Waals surface area contributed by atoms with Crippen molar-refractivity contribution in [2.24, 2.45) is 0 Å². The first-order chi connectivity index (χ1) is 20.2. The Morgan fingerprint density at radius 3 is 2.40 bits per heavy atom. The smallest absolute Gasteiger partial charge is 0.257 e. The van der Waals surface area contributed by atoms with E-state index >= 15 is 0 Å². The summed E-state index contributed by atoms with van der Waals surface area (Å²) in [4.78, 5) is 39.3. The summed E-state index contributed by atoms with van der Waals surface area (Å²) < 4.78 is 30.5. The molecule has 0 aliphatic heterocycles. The van der Waals surface area contributed by atoms with Crippen LogP contribution in [-0.2, 0) is 12.8 Å². The van der Waals surface area contributed by atoms with Crippen LogP contribution in [0.25, 0.3) is 22.2 Å². The third kappa shape index (κ3) is 5.45. The Labute approximate surface area is 242 Å². The number of aromatic nitrogens is 3. The Kier molecular flexibility index (Phi) is 8.01. The number of aromatic amines is 1. The van der Waals surface area contributed by atoms with Gasteiger partial charge >= 0.3 is 0 Å². The van der Waals surface area contributed by atoms with Gasteiger partial charge in [0.1, 0.15) is 17.1 Å². The Morgan fingerprint density at radius 2 is 1.74 bits per heavy atom. The number of Topliss-reactive ketones (excluding diaryl/α,β-unsaturated/α-hetero) is 1. The van der Waals surface area contributed by atoms with Gasteiger partial charge in [0.15, 0.2) is 17.3 Å². The summed E-state index contributed by atoms with van der Waals surface area (Å²) in [5, 5.41) is 0. The van der Waals surface area contributed by atoms with Crippen molar-refractivity contribution in [3.05, 3.63) is 105 Å². The fourth-order valence-electron chi connectivity index (χ4n) is 5.04. The number of pyridine rings is 3. The van der Waals surface area contributed by atoms with Crippen LogP contribution in [0.15, 0.2) is 65.6 Å². The van der Waals surface area contributed by atoms with Gasteiger partial charge in [0.2, 0.25) is 5.43 Å². The van der Waals surface area contributed by atoms with Crippen molar-refractivity contribution in [3.63, 3.8) is 0 Å². The number of rotatable bonds is 9. The number of carbonyl (C=O) groups is 1. The molecule has 0 fully saturated rings. The van der Waals surface area contributed by atoms with E-state index in [1.165, 1.54) is 26.4 Å². The molecule has 214 valence electrons. The normalized spacial score (nSPS) is 11.0. The zero-order valence-electron chi connectivity index (χ0n) is 24.0. The zero-order chi connectivity index (χ0) is 30.0. The Morgan fingerprint density at radius 1 is 0.976 bits per heavy atom. The molecule has 9 heteroatoms. The summed E-state index contributed by atoms with van der Waals surface area (Å²) in [6, 6.07) is 14.8. The standard InChI is InChI=1S/C33H30FN3O5/c1-6-24-30(32(39)29(19(3)36-24)23-12-9-21(34)15-18(23)2)26(38)16-20-7-10-22(11-8-20)42-27-13-14-35-25-17-28(40-4)33(41-5)37-31(25)27/h7-15,17H,6,16H2,1-5H3,(H,36,39). The number of H-pyrrole nitrogens is 1. The molecule has 42 heavy (non-hydrogen) atoms. The number of nitrogens with zero attached hydrogens (tertiary/aromatic N) is 2. The molecule has 1 N–H and O–H groups in total. The number of hydrogen-bond acceptors (Lipinski definition) is 7. The highest BCUT2D eigenvalue weighted by molar-refractivity contribution is 5.99. The van der Waals surface area contributed by atoms with Crippen molar-refractivity contribution in [3.8, 4) is 34.3 Å². The monoisotopic (exact) mass is 567 g/mol. The summed E-state index contributed by atoms with van der Waals surface area (Å²) in [5.41, 5.74) is 4.40. The van der Waals surface area contributed by atoms with E-state index < -0.39 is 0 Å². The molecule has 5 aromatic rings. The van der Waals surface area contributed by atoms with Crippen LogP contribution < -0.4 is 19.6 Å². The van der Waals surface area contributed by atoms with Gasteiger partial charge in [-0.05, 0) is 61.2 Å². The van der Waals surface area contributed by atoms with Crippen molar-refractivity contribution in [2.45, 2.75) is 33.6 Å². The molecule has 0 aliphatic carbocycles. The Hall–Kier alpha value is -5.05. The number of hydrogen-bond donors (Lipinski definition) is 1. The van der Waals surface area contributed by atoms with E-state index in [0.717, 1.165) is 5.56 Å². The molecule has 0 radical (unpaired) electrons. The number of benzene rings is 2. The molecule has 2 aromatic carbocycles. The van der Waals surface area contributed by atoms with E-state index in [9.17, 15) is 14.0 Å². The molecule has 0 unspecified atom stereocenters. The molecule has 0 aliphatic rings. The van der Waals surface area contributed by atoms with Crippen LogP contribution in [0.3, 0.4) is 0 Å². The number of methoxy groups -OCH3 is 2. The summed E-state index contributed by atoms with van der Waals surface area (Å²) in [6.07, 6.45) is 2.12. The van der Waals surface area contributed by atoms with Crippen LogP contribution in [-0.4, -0.2) is 35.0 Å². The molecule has 0 atom stereocenters. The van der Waals surface area contributed by atoms with Gasteiger partial charge < -0.3 is 19.2 Å². The highest BCUT2D eigenvalue weighted by atomic mass is 19.1. The number of fused-ring (bicyclic) bond motifs is 1. The SMILES string of the molecule is CCc1[nH]c(C)c(-c2ccc(F)cc2C)c(=O)c1C(=O)Cc1ccc(Oc2ccnc3cc(OC)c(OC)nc23)cc1. The minimum atomic E-state index is -0.382. The maximum atomic E-state index is 13.7. The van der Waals surface area contributed by atoms with Gasteiger partial charge in [-0.3, -0.25) is 14.6 Å². The molecule has 0 saturated carbocycles. The number of aryl methyl sites for hydroxylation is 3. The Bertz CT molecular complexity index is 1870. The van der Waals surface area contributed by atoms with Gasteiger partial charge in [-0.25, -0.2) is 9.37 Å². The van der Waals surface area contributed by atoms with Gasteiger partial charge in [-0.15, -0.1) is 0 Å². The Balaban J connectivity index is 1.42. The van der Waals surface area contributed by atoms with Gasteiger partial charge in [0.05, 0.1) is 25.3 Å². The van der Waals surface area contributed by atoms with E-state index in [4.69, 9.17) is 14.2 Å². The molecule has 3 heterocycles. The minimum absolute atomic E-state index is 0.0258. The molecular weight excluding hydrogens is 537 g/mol. The summed E-state index contributed by atoms with van der Waals surface area (Å²) in [6.45, 7) is 5.42. The first kappa shape index (κ1) is 28.5. The second-order valence-electron chi connectivity index (χ2n) is 9.84. The predicted molar refractivity (Wildman–Crippen MR) is 159 cm³/mol. The lowest BCUT2D eigenvalue weighted by atomic mass is 9.93. The quantitative estimate of drug-likeness (QED) is 0.202. The van der Waals surface area contributed by atoms with Gasteiger partial charge in [0, 0.05) is 41.7 Å². The van der Waals surface area contributed by atoms with Gasteiger partial charge in [-0.1, -0.05) is 25.1 Å². The number of carbonyl (C=O) groups excluding carboxylic acids is 1. The first-order valence-electron chi connectivity index (χ1n) is 13.4. The van der Waals surface area contributed by atoms with Crippen LogP contribution in [0.1, 0.15) is 39.8 Å². The highest BCUT2D eigenvalue weighted by Gasteiger charge is 2.22. The highest BCUT2D eigenvalue weighted by Crippen LogP contribution is 2.34. The average Bonchev–Trinajstić information content (AvgIpc) is 2.98. The molecule has 0 amide bonds. The van der Waals surface area contributed by atoms with E-state index in [1.54, 1.807) is 62.5 Å². The van der Waals surface area contributed by atoms with Crippen LogP contribution in [0, 0.1) is 19.7 Å². The maximum Gasteiger partial charge on any atom is 0.257 e. The lowest BCUT2D eigenvalue weighted by Gasteiger charge is -2.15. The molecule has 0 bridgehead atoms. The molecule has 5 rings (SSSR count). The van der Waals surface area contributed by atoms with Crippen molar-refractivity contribution < 1.29 is 23.4 Å². The summed E-state index contributed by atoms with van der Waals surface area (Å²) in [5.74, 6) is 1.11. The first-order valence-corrected chi connectivity index (χ1v) is 13.4. The van der Waals surface area contributed by atoms with Gasteiger partial charge in [-0.2, -0.15) is 0 Å².